The van der Waals surface area contributed by atoms with Crippen LogP contribution < -0.4 is 10.6 Å². The molecular weight excluding hydrogens is 324 g/mol. The van der Waals surface area contributed by atoms with Crippen LogP contribution in [0.3, 0.4) is 0 Å². The van der Waals surface area contributed by atoms with Crippen LogP contribution in [0.2, 0.25) is 0 Å². The molecule has 7 nitrogen and oxygen atoms in total. The number of carbonyl (C=O) groups excluding carboxylic acids is 2. The van der Waals surface area contributed by atoms with Gasteiger partial charge in [-0.3, -0.25) is 4.79 Å². The van der Waals surface area contributed by atoms with Crippen molar-refractivity contribution >= 4 is 12.0 Å². The maximum atomic E-state index is 12.3. The molecule has 0 radical (unpaired) electrons. The van der Waals surface area contributed by atoms with Crippen molar-refractivity contribution in [2.45, 2.75) is 64.5 Å². The second kappa shape index (κ2) is 11.5. The van der Waals surface area contributed by atoms with E-state index in [1.807, 2.05) is 0 Å². The summed E-state index contributed by atoms with van der Waals surface area (Å²) in [4.78, 5) is 24.3. The number of ether oxygens (including phenoxy) is 1. The summed E-state index contributed by atoms with van der Waals surface area (Å²) >= 11 is 0. The van der Waals surface area contributed by atoms with Gasteiger partial charge in [0.15, 0.2) is 6.61 Å². The Morgan fingerprint density at radius 2 is 1.96 bits per heavy atom. The lowest BCUT2D eigenvalue weighted by Crippen LogP contribution is -2.60. The number of alkyl carbamates (subject to hydrolysis) is 1. The van der Waals surface area contributed by atoms with E-state index in [4.69, 9.17) is 14.3 Å². The highest BCUT2D eigenvalue weighted by Gasteiger charge is 2.41. The van der Waals surface area contributed by atoms with Crippen LogP contribution >= 0.6 is 0 Å². The van der Waals surface area contributed by atoms with Gasteiger partial charge in [-0.25, -0.2) is 4.79 Å². The van der Waals surface area contributed by atoms with Crippen LogP contribution in [0.4, 0.5) is 4.79 Å². The molecule has 1 aliphatic carbocycles. The minimum absolute atomic E-state index is 0.0210. The molecule has 7 heteroatoms. The summed E-state index contributed by atoms with van der Waals surface area (Å²) in [5.74, 6) is 0.272. The monoisotopic (exact) mass is 354 g/mol. The molecule has 0 saturated heterocycles. The Morgan fingerprint density at radius 1 is 1.28 bits per heavy atom. The lowest BCUT2D eigenvalue weighted by atomic mass is 9.81. The van der Waals surface area contributed by atoms with E-state index in [-0.39, 0.29) is 25.7 Å². The van der Waals surface area contributed by atoms with Crippen molar-refractivity contribution in [2.24, 2.45) is 0 Å². The molecule has 1 aliphatic rings. The van der Waals surface area contributed by atoms with Gasteiger partial charge >= 0.3 is 6.09 Å². The average Bonchev–Trinajstić information content (AvgIpc) is 3.13. The van der Waals surface area contributed by atoms with Gasteiger partial charge in [-0.05, 0) is 25.0 Å². The highest BCUT2D eigenvalue weighted by atomic mass is 16.6. The van der Waals surface area contributed by atoms with Crippen LogP contribution in [0.5, 0.6) is 0 Å². The lowest BCUT2D eigenvalue weighted by Gasteiger charge is -2.36. The number of rotatable bonds is 6. The summed E-state index contributed by atoms with van der Waals surface area (Å²) in [6.07, 6.45) is 6.02. The molecule has 0 unspecified atom stereocenters. The van der Waals surface area contributed by atoms with Crippen molar-refractivity contribution in [1.29, 1.82) is 0 Å². The Bertz CT molecular complexity index is 496. The summed E-state index contributed by atoms with van der Waals surface area (Å²) in [5.41, 5.74) is -0.951. The molecule has 1 aromatic rings. The highest BCUT2D eigenvalue weighted by molar-refractivity contribution is 5.90. The Kier molecular flexibility index (Phi) is 9.69. The van der Waals surface area contributed by atoms with Crippen molar-refractivity contribution in [3.63, 3.8) is 0 Å². The zero-order chi connectivity index (χ0) is 18.5. The number of amides is 2. The molecule has 0 bridgehead atoms. The van der Waals surface area contributed by atoms with Crippen molar-refractivity contribution < 1.29 is 23.8 Å². The molecule has 1 aromatic heterocycles. The highest BCUT2D eigenvalue weighted by Crippen LogP contribution is 2.28. The number of hydrogen-bond donors (Lipinski definition) is 3. The quantitative estimate of drug-likeness (QED) is 0.729. The van der Waals surface area contributed by atoms with Crippen LogP contribution in [0.25, 0.3) is 0 Å². The van der Waals surface area contributed by atoms with E-state index in [9.17, 15) is 9.59 Å². The molecule has 1 heterocycles. The van der Waals surface area contributed by atoms with Gasteiger partial charge in [0.1, 0.15) is 11.3 Å². The molecule has 3 N–H and O–H groups in total. The Balaban J connectivity index is 0.000000970. The molecule has 142 valence electrons. The van der Waals surface area contributed by atoms with E-state index < -0.39 is 11.6 Å². The van der Waals surface area contributed by atoms with Gasteiger partial charge in [0.2, 0.25) is 5.91 Å². The third-order valence-electron chi connectivity index (χ3n) is 3.81. The molecule has 2 amide bonds. The summed E-state index contributed by atoms with van der Waals surface area (Å²) in [7, 11) is 0. The Hall–Kier alpha value is -2.02. The number of furan rings is 1. The second-order valence-electron chi connectivity index (χ2n) is 6.11. The van der Waals surface area contributed by atoms with E-state index >= 15 is 0 Å². The topological polar surface area (TPSA) is 101 Å². The average molecular weight is 354 g/mol. The van der Waals surface area contributed by atoms with Gasteiger partial charge in [0.25, 0.3) is 0 Å². The summed E-state index contributed by atoms with van der Waals surface area (Å²) < 4.78 is 10.2. The molecule has 1 fully saturated rings. The molecule has 0 atom stereocenters. The van der Waals surface area contributed by atoms with Crippen molar-refractivity contribution in [3.05, 3.63) is 24.2 Å². The van der Waals surface area contributed by atoms with Crippen LogP contribution in [0.1, 0.15) is 58.1 Å². The fraction of sp³-hybridized carbons (Fsp3) is 0.667. The van der Waals surface area contributed by atoms with Gasteiger partial charge in [0.05, 0.1) is 12.9 Å². The largest absolute Gasteiger partial charge is 0.466 e. The predicted molar refractivity (Wildman–Crippen MR) is 93.9 cm³/mol. The van der Waals surface area contributed by atoms with E-state index in [1.54, 1.807) is 12.1 Å². The van der Waals surface area contributed by atoms with E-state index in [0.717, 1.165) is 19.3 Å². The number of nitrogens with one attached hydrogen (secondary N) is 2. The fourth-order valence-corrected chi connectivity index (χ4v) is 2.67. The first-order valence-electron chi connectivity index (χ1n) is 8.94. The van der Waals surface area contributed by atoms with Crippen LogP contribution in [0, 0.1) is 0 Å². The van der Waals surface area contributed by atoms with Crippen LogP contribution in [-0.4, -0.2) is 35.8 Å². The third-order valence-corrected chi connectivity index (χ3v) is 3.81. The zero-order valence-electron chi connectivity index (χ0n) is 15.2. The molecule has 0 aromatic carbocycles. The molecule has 25 heavy (non-hydrogen) atoms. The number of carbonyl (C=O) groups is 2. The van der Waals surface area contributed by atoms with Gasteiger partial charge in [0, 0.05) is 6.54 Å². The maximum absolute atomic E-state index is 12.3. The first-order valence-corrected chi connectivity index (χ1v) is 8.94. The molecule has 1 saturated carbocycles. The van der Waals surface area contributed by atoms with Gasteiger partial charge < -0.3 is 24.9 Å². The maximum Gasteiger partial charge on any atom is 0.408 e. The van der Waals surface area contributed by atoms with E-state index in [2.05, 4.69) is 24.5 Å². The van der Waals surface area contributed by atoms with Crippen molar-refractivity contribution in [2.75, 3.05) is 13.2 Å². The number of hydrogen-bond acceptors (Lipinski definition) is 5. The minimum atomic E-state index is -0.951. The predicted octanol–water partition coefficient (Wildman–Crippen LogP) is 2.73. The normalized spacial score (nSPS) is 15.5. The summed E-state index contributed by atoms with van der Waals surface area (Å²) in [6, 6.07) is 3.42. The number of aliphatic hydroxyl groups excluding tert-OH is 1. The smallest absolute Gasteiger partial charge is 0.408 e. The van der Waals surface area contributed by atoms with Gasteiger partial charge in [-0.2, -0.15) is 0 Å². The number of aliphatic hydroxyl groups is 1. The summed E-state index contributed by atoms with van der Waals surface area (Å²) in [5, 5.41) is 14.2. The SMILES string of the molecule is CCC.O=C(NC1(C(=O)NCCO)CCCCC1)OCc1ccco1. The standard InChI is InChI=1S/C15H22N2O5.C3H8/c18-9-8-16-13(19)15(6-2-1-3-7-15)17-14(20)22-11-12-5-4-10-21-12;1-3-2/h4-5,10,18H,1-3,6-9,11H2,(H,16,19)(H,17,20);3H2,1-2H3. The second-order valence-corrected chi connectivity index (χ2v) is 6.11. The lowest BCUT2D eigenvalue weighted by molar-refractivity contribution is -0.129. The van der Waals surface area contributed by atoms with Crippen molar-refractivity contribution in [1.82, 2.24) is 10.6 Å². The zero-order valence-corrected chi connectivity index (χ0v) is 15.2. The molecule has 0 aliphatic heterocycles. The van der Waals surface area contributed by atoms with E-state index in [1.165, 1.54) is 12.7 Å². The third kappa shape index (κ3) is 7.17. The fourth-order valence-electron chi connectivity index (χ4n) is 2.67. The summed E-state index contributed by atoms with van der Waals surface area (Å²) in [6.45, 7) is 4.31. The van der Waals surface area contributed by atoms with Crippen LogP contribution in [-0.2, 0) is 16.1 Å². The first kappa shape index (κ1) is 21.0. The van der Waals surface area contributed by atoms with Crippen molar-refractivity contribution in [3.8, 4) is 0 Å². The van der Waals surface area contributed by atoms with E-state index in [0.29, 0.717) is 18.6 Å². The Morgan fingerprint density at radius 3 is 2.52 bits per heavy atom. The molecule has 0 spiro atoms. The molecular formula is C18H30N2O5. The minimum Gasteiger partial charge on any atom is -0.466 e. The molecule has 2 rings (SSSR count). The van der Waals surface area contributed by atoms with Gasteiger partial charge in [-0.15, -0.1) is 0 Å². The van der Waals surface area contributed by atoms with Gasteiger partial charge in [-0.1, -0.05) is 39.5 Å². The van der Waals surface area contributed by atoms with Crippen LogP contribution in [0.15, 0.2) is 22.8 Å². The first-order chi connectivity index (χ1) is 12.1. The Labute approximate surface area is 149 Å².